The number of hydrogen-bond acceptors (Lipinski definition) is 7. The van der Waals surface area contributed by atoms with E-state index in [1.165, 1.54) is 0 Å². The molecule has 1 atom stereocenters. The molecule has 1 aliphatic heterocycles. The molecule has 0 amide bonds. The number of aromatic nitrogens is 5. The van der Waals surface area contributed by atoms with Gasteiger partial charge < -0.3 is 9.63 Å². The van der Waals surface area contributed by atoms with Crippen molar-refractivity contribution in [2.24, 2.45) is 0 Å². The summed E-state index contributed by atoms with van der Waals surface area (Å²) in [5.74, 6) is 1.31. The lowest BCUT2D eigenvalue weighted by Gasteiger charge is -2.37. The molecule has 1 fully saturated rings. The maximum atomic E-state index is 11.0. The SMILES string of the molecule is CCc1nc(CN2CCC[C@](O)(c3cn(C(C)C)nn3)C2)no1. The van der Waals surface area contributed by atoms with Crippen LogP contribution in [0.4, 0.5) is 0 Å². The van der Waals surface area contributed by atoms with Crippen LogP contribution in [0.5, 0.6) is 0 Å². The molecule has 126 valence electrons. The highest BCUT2D eigenvalue weighted by Gasteiger charge is 2.38. The maximum Gasteiger partial charge on any atom is 0.226 e. The number of hydrogen-bond donors (Lipinski definition) is 1. The van der Waals surface area contributed by atoms with Crippen LogP contribution < -0.4 is 0 Å². The Bertz CT molecular complexity index is 652. The molecule has 3 rings (SSSR count). The maximum absolute atomic E-state index is 11.0. The summed E-state index contributed by atoms with van der Waals surface area (Å²) in [6, 6.07) is 0.228. The minimum atomic E-state index is -0.970. The first kappa shape index (κ1) is 16.1. The van der Waals surface area contributed by atoms with E-state index in [1.807, 2.05) is 27.0 Å². The smallest absolute Gasteiger partial charge is 0.226 e. The molecule has 0 spiro atoms. The minimum absolute atomic E-state index is 0.228. The highest BCUT2D eigenvalue weighted by molar-refractivity contribution is 5.10. The number of nitrogens with zero attached hydrogens (tertiary/aromatic N) is 6. The molecule has 1 N–H and O–H groups in total. The predicted octanol–water partition coefficient (Wildman–Crippen LogP) is 1.29. The number of likely N-dealkylation sites (tertiary alicyclic amines) is 1. The summed E-state index contributed by atoms with van der Waals surface area (Å²) in [7, 11) is 0. The van der Waals surface area contributed by atoms with Gasteiger partial charge in [0.25, 0.3) is 0 Å². The van der Waals surface area contributed by atoms with E-state index >= 15 is 0 Å². The Morgan fingerprint density at radius 3 is 2.91 bits per heavy atom. The van der Waals surface area contributed by atoms with E-state index in [2.05, 4.69) is 25.4 Å². The molecule has 8 nitrogen and oxygen atoms in total. The Kier molecular flexibility index (Phi) is 4.45. The van der Waals surface area contributed by atoms with Gasteiger partial charge in [0.2, 0.25) is 5.89 Å². The lowest BCUT2D eigenvalue weighted by molar-refractivity contribution is -0.0422. The fourth-order valence-electron chi connectivity index (χ4n) is 2.91. The summed E-state index contributed by atoms with van der Waals surface area (Å²) < 4.78 is 6.92. The molecule has 0 aromatic carbocycles. The largest absolute Gasteiger partial charge is 0.382 e. The van der Waals surface area contributed by atoms with Crippen LogP contribution in [0.15, 0.2) is 10.7 Å². The van der Waals surface area contributed by atoms with Gasteiger partial charge in [-0.1, -0.05) is 17.3 Å². The molecule has 2 aromatic heterocycles. The highest BCUT2D eigenvalue weighted by Crippen LogP contribution is 2.30. The third kappa shape index (κ3) is 3.42. The van der Waals surface area contributed by atoms with Crippen molar-refractivity contribution < 1.29 is 9.63 Å². The fourth-order valence-corrected chi connectivity index (χ4v) is 2.91. The Morgan fingerprint density at radius 2 is 2.26 bits per heavy atom. The topological polar surface area (TPSA) is 93.1 Å². The van der Waals surface area contributed by atoms with Crippen molar-refractivity contribution in [3.63, 3.8) is 0 Å². The van der Waals surface area contributed by atoms with Crippen LogP contribution in [-0.4, -0.2) is 48.2 Å². The Hall–Kier alpha value is -1.80. The standard InChI is InChI=1S/C15H24N6O2/c1-4-14-16-13(18-23-14)9-20-7-5-6-15(22,10-20)12-8-21(11(2)3)19-17-12/h8,11,22H,4-7,9-10H2,1-3H3/t15-/m1/s1. The summed E-state index contributed by atoms with van der Waals surface area (Å²) in [6.45, 7) is 8.03. The summed E-state index contributed by atoms with van der Waals surface area (Å²) in [6.07, 6.45) is 4.16. The molecule has 1 aliphatic rings. The van der Waals surface area contributed by atoms with Crippen molar-refractivity contribution >= 4 is 0 Å². The van der Waals surface area contributed by atoms with Gasteiger partial charge in [0, 0.05) is 19.0 Å². The van der Waals surface area contributed by atoms with Gasteiger partial charge in [-0.05, 0) is 33.2 Å². The first-order chi connectivity index (χ1) is 11.0. The lowest BCUT2D eigenvalue weighted by Crippen LogP contribution is -2.46. The molecular weight excluding hydrogens is 296 g/mol. The summed E-state index contributed by atoms with van der Waals surface area (Å²) in [5.41, 5.74) is -0.332. The Labute approximate surface area is 135 Å². The quantitative estimate of drug-likeness (QED) is 0.887. The monoisotopic (exact) mass is 320 g/mol. The molecule has 0 saturated carbocycles. The zero-order chi connectivity index (χ0) is 16.4. The first-order valence-electron chi connectivity index (χ1n) is 8.18. The van der Waals surface area contributed by atoms with Crippen LogP contribution >= 0.6 is 0 Å². The van der Waals surface area contributed by atoms with Crippen LogP contribution in [-0.2, 0) is 18.6 Å². The normalized spacial score (nSPS) is 22.8. The van der Waals surface area contributed by atoms with E-state index < -0.39 is 5.60 Å². The van der Waals surface area contributed by atoms with Crippen molar-refractivity contribution in [3.05, 3.63) is 23.6 Å². The van der Waals surface area contributed by atoms with E-state index in [-0.39, 0.29) is 6.04 Å². The van der Waals surface area contributed by atoms with E-state index in [0.29, 0.717) is 36.9 Å². The van der Waals surface area contributed by atoms with Gasteiger partial charge in [-0.15, -0.1) is 5.10 Å². The van der Waals surface area contributed by atoms with Crippen molar-refractivity contribution in [2.75, 3.05) is 13.1 Å². The highest BCUT2D eigenvalue weighted by atomic mass is 16.5. The average molecular weight is 320 g/mol. The molecule has 3 heterocycles. The van der Waals surface area contributed by atoms with Crippen LogP contribution in [0.1, 0.15) is 57.1 Å². The molecule has 0 radical (unpaired) electrons. The zero-order valence-corrected chi connectivity index (χ0v) is 13.9. The second kappa shape index (κ2) is 6.37. The molecule has 0 unspecified atom stereocenters. The van der Waals surface area contributed by atoms with Gasteiger partial charge in [0.15, 0.2) is 5.82 Å². The van der Waals surface area contributed by atoms with Gasteiger partial charge in [0.05, 0.1) is 12.7 Å². The molecule has 1 saturated heterocycles. The Balaban J connectivity index is 1.70. The third-order valence-corrected chi connectivity index (χ3v) is 4.24. The molecule has 23 heavy (non-hydrogen) atoms. The van der Waals surface area contributed by atoms with E-state index in [4.69, 9.17) is 4.52 Å². The molecule has 0 bridgehead atoms. The van der Waals surface area contributed by atoms with Crippen LogP contribution in [0.25, 0.3) is 0 Å². The third-order valence-electron chi connectivity index (χ3n) is 4.24. The molecular formula is C15H24N6O2. The van der Waals surface area contributed by atoms with Crippen molar-refractivity contribution in [1.82, 2.24) is 30.0 Å². The van der Waals surface area contributed by atoms with Crippen molar-refractivity contribution in [1.29, 1.82) is 0 Å². The Morgan fingerprint density at radius 1 is 1.43 bits per heavy atom. The van der Waals surface area contributed by atoms with E-state index in [9.17, 15) is 5.11 Å². The first-order valence-corrected chi connectivity index (χ1v) is 8.18. The predicted molar refractivity (Wildman–Crippen MR) is 82.5 cm³/mol. The fraction of sp³-hybridized carbons (Fsp3) is 0.733. The van der Waals surface area contributed by atoms with Crippen molar-refractivity contribution in [3.8, 4) is 0 Å². The number of rotatable bonds is 5. The molecule has 2 aromatic rings. The van der Waals surface area contributed by atoms with Crippen LogP contribution in [0, 0.1) is 0 Å². The second-order valence-corrected chi connectivity index (χ2v) is 6.48. The summed E-state index contributed by atoms with van der Waals surface area (Å²) >= 11 is 0. The zero-order valence-electron chi connectivity index (χ0n) is 13.9. The molecule has 8 heteroatoms. The van der Waals surface area contributed by atoms with Crippen molar-refractivity contribution in [2.45, 2.75) is 58.2 Å². The van der Waals surface area contributed by atoms with Gasteiger partial charge in [-0.25, -0.2) is 4.68 Å². The average Bonchev–Trinajstić information content (AvgIpc) is 3.16. The summed E-state index contributed by atoms with van der Waals surface area (Å²) in [5, 5.41) is 23.3. The van der Waals surface area contributed by atoms with E-state index in [1.54, 1.807) is 4.68 Å². The minimum Gasteiger partial charge on any atom is -0.382 e. The van der Waals surface area contributed by atoms with E-state index in [0.717, 1.165) is 19.4 Å². The number of piperidine rings is 1. The van der Waals surface area contributed by atoms with Gasteiger partial charge in [0.1, 0.15) is 11.3 Å². The van der Waals surface area contributed by atoms with Gasteiger partial charge in [-0.2, -0.15) is 4.98 Å². The number of aryl methyl sites for hydroxylation is 1. The van der Waals surface area contributed by atoms with Crippen LogP contribution in [0.3, 0.4) is 0 Å². The number of β-amino-alcohol motifs (C(OH)–C–C–N with tert-alkyl or cyclic N) is 1. The van der Waals surface area contributed by atoms with Crippen LogP contribution in [0.2, 0.25) is 0 Å². The second-order valence-electron chi connectivity index (χ2n) is 6.48. The van der Waals surface area contributed by atoms with Gasteiger partial charge >= 0.3 is 0 Å². The summed E-state index contributed by atoms with van der Waals surface area (Å²) in [4.78, 5) is 6.48. The number of aliphatic hydroxyl groups is 1. The molecule has 0 aliphatic carbocycles. The van der Waals surface area contributed by atoms with Gasteiger partial charge in [-0.3, -0.25) is 4.90 Å². The lowest BCUT2D eigenvalue weighted by atomic mass is 9.90.